The molecule has 0 bridgehead atoms. The van der Waals surface area contributed by atoms with Gasteiger partial charge in [0.1, 0.15) is 0 Å². The second-order valence-electron chi connectivity index (χ2n) is 5.87. The summed E-state index contributed by atoms with van der Waals surface area (Å²) >= 11 is 0. The van der Waals surface area contributed by atoms with Crippen LogP contribution in [-0.2, 0) is 0 Å². The van der Waals surface area contributed by atoms with E-state index < -0.39 is 0 Å². The summed E-state index contributed by atoms with van der Waals surface area (Å²) < 4.78 is 0. The summed E-state index contributed by atoms with van der Waals surface area (Å²) in [6.07, 6.45) is 2.33. The van der Waals surface area contributed by atoms with Crippen molar-refractivity contribution in [1.82, 2.24) is 10.2 Å². The summed E-state index contributed by atoms with van der Waals surface area (Å²) in [6, 6.07) is 0.499. The standard InChI is InChI=1S/C14H23N5O/c1-8(2)7-19(11-5-6-11)14-12(13(15)18-20)9(3)10(4)16-17-14/h8,11,20H,5-7H2,1-4H3,(H2,15,18). The van der Waals surface area contributed by atoms with Crippen molar-refractivity contribution in [2.75, 3.05) is 11.4 Å². The topological polar surface area (TPSA) is 87.6 Å². The maximum atomic E-state index is 9.04. The predicted octanol–water partition coefficient (Wildman–Crippen LogP) is 1.81. The predicted molar refractivity (Wildman–Crippen MR) is 79.2 cm³/mol. The molecule has 0 aromatic carbocycles. The molecule has 1 fully saturated rings. The zero-order valence-electron chi connectivity index (χ0n) is 12.6. The number of oxime groups is 1. The number of nitrogens with two attached hydrogens (primary N) is 1. The molecule has 0 atom stereocenters. The third kappa shape index (κ3) is 2.84. The largest absolute Gasteiger partial charge is 0.409 e. The van der Waals surface area contributed by atoms with Crippen LogP contribution >= 0.6 is 0 Å². The number of amidine groups is 1. The Hall–Kier alpha value is -1.85. The van der Waals surface area contributed by atoms with E-state index in [1.165, 1.54) is 0 Å². The number of anilines is 1. The Kier molecular flexibility index (Phi) is 4.11. The third-order valence-corrected chi connectivity index (χ3v) is 3.62. The van der Waals surface area contributed by atoms with Crippen LogP contribution in [0, 0.1) is 19.8 Å². The maximum Gasteiger partial charge on any atom is 0.174 e. The second kappa shape index (κ2) is 5.64. The summed E-state index contributed by atoms with van der Waals surface area (Å²) in [5.74, 6) is 1.35. The SMILES string of the molecule is Cc1nnc(N(CC(C)C)C2CC2)c(C(N)=NO)c1C. The quantitative estimate of drug-likeness (QED) is 0.371. The first-order valence-electron chi connectivity index (χ1n) is 7.04. The molecule has 0 aliphatic heterocycles. The highest BCUT2D eigenvalue weighted by Gasteiger charge is 2.33. The molecule has 6 heteroatoms. The van der Waals surface area contributed by atoms with Gasteiger partial charge in [0.25, 0.3) is 0 Å². The Bertz CT molecular complexity index is 523. The van der Waals surface area contributed by atoms with E-state index in [0.29, 0.717) is 17.5 Å². The van der Waals surface area contributed by atoms with Gasteiger partial charge in [0, 0.05) is 12.6 Å². The summed E-state index contributed by atoms with van der Waals surface area (Å²) in [6.45, 7) is 9.05. The number of aromatic nitrogens is 2. The van der Waals surface area contributed by atoms with Gasteiger partial charge >= 0.3 is 0 Å². The van der Waals surface area contributed by atoms with E-state index in [0.717, 1.165) is 36.5 Å². The lowest BCUT2D eigenvalue weighted by Crippen LogP contribution is -2.34. The zero-order valence-corrected chi connectivity index (χ0v) is 12.6. The summed E-state index contributed by atoms with van der Waals surface area (Å²) in [5.41, 5.74) is 8.28. The molecule has 1 aromatic heterocycles. The van der Waals surface area contributed by atoms with E-state index in [2.05, 4.69) is 34.1 Å². The van der Waals surface area contributed by atoms with Gasteiger partial charge in [-0.2, -0.15) is 5.10 Å². The molecule has 0 saturated heterocycles. The Morgan fingerprint density at radius 3 is 2.55 bits per heavy atom. The molecule has 20 heavy (non-hydrogen) atoms. The van der Waals surface area contributed by atoms with Crippen molar-refractivity contribution in [1.29, 1.82) is 0 Å². The van der Waals surface area contributed by atoms with Crippen molar-refractivity contribution < 1.29 is 5.21 Å². The van der Waals surface area contributed by atoms with Crippen LogP contribution in [0.15, 0.2) is 5.16 Å². The summed E-state index contributed by atoms with van der Waals surface area (Å²) in [4.78, 5) is 2.25. The van der Waals surface area contributed by atoms with Crippen molar-refractivity contribution >= 4 is 11.7 Å². The highest BCUT2D eigenvalue weighted by atomic mass is 16.4. The van der Waals surface area contributed by atoms with Crippen LogP contribution in [0.25, 0.3) is 0 Å². The first kappa shape index (κ1) is 14.6. The molecule has 110 valence electrons. The fourth-order valence-corrected chi connectivity index (χ4v) is 2.34. The van der Waals surface area contributed by atoms with E-state index >= 15 is 0 Å². The Balaban J connectivity index is 2.51. The molecule has 1 aliphatic carbocycles. The molecule has 0 unspecified atom stereocenters. The Morgan fingerprint density at radius 1 is 1.40 bits per heavy atom. The molecule has 0 radical (unpaired) electrons. The number of aryl methyl sites for hydroxylation is 1. The highest BCUT2D eigenvalue weighted by molar-refractivity contribution is 6.02. The molecular weight excluding hydrogens is 254 g/mol. The van der Waals surface area contributed by atoms with E-state index in [1.54, 1.807) is 0 Å². The van der Waals surface area contributed by atoms with E-state index in [4.69, 9.17) is 10.9 Å². The second-order valence-corrected chi connectivity index (χ2v) is 5.87. The summed E-state index contributed by atoms with van der Waals surface area (Å²) in [5, 5.41) is 20.7. The highest BCUT2D eigenvalue weighted by Crippen LogP contribution is 2.34. The van der Waals surface area contributed by atoms with Gasteiger partial charge in [-0.1, -0.05) is 19.0 Å². The van der Waals surface area contributed by atoms with Crippen molar-refractivity contribution in [3.8, 4) is 0 Å². The average Bonchev–Trinajstić information content (AvgIpc) is 3.22. The van der Waals surface area contributed by atoms with Crippen LogP contribution in [0.5, 0.6) is 0 Å². The van der Waals surface area contributed by atoms with E-state index in [1.807, 2.05) is 13.8 Å². The fourth-order valence-electron chi connectivity index (χ4n) is 2.34. The monoisotopic (exact) mass is 277 g/mol. The number of rotatable bonds is 5. The maximum absolute atomic E-state index is 9.04. The van der Waals surface area contributed by atoms with Crippen molar-refractivity contribution in [3.63, 3.8) is 0 Å². The molecule has 1 heterocycles. The number of hydrogen-bond acceptors (Lipinski definition) is 5. The van der Waals surface area contributed by atoms with Crippen LogP contribution in [0.4, 0.5) is 5.82 Å². The molecule has 1 aliphatic rings. The van der Waals surface area contributed by atoms with Crippen LogP contribution in [-0.4, -0.2) is 33.8 Å². The molecule has 0 spiro atoms. The van der Waals surface area contributed by atoms with Crippen LogP contribution < -0.4 is 10.6 Å². The van der Waals surface area contributed by atoms with E-state index in [-0.39, 0.29) is 5.84 Å². The fraction of sp³-hybridized carbons (Fsp3) is 0.643. The summed E-state index contributed by atoms with van der Waals surface area (Å²) in [7, 11) is 0. The lowest BCUT2D eigenvalue weighted by Gasteiger charge is -2.27. The van der Waals surface area contributed by atoms with Crippen molar-refractivity contribution in [3.05, 3.63) is 16.8 Å². The molecule has 2 rings (SSSR count). The number of hydrogen-bond donors (Lipinski definition) is 2. The molecule has 0 amide bonds. The first-order valence-corrected chi connectivity index (χ1v) is 7.04. The minimum atomic E-state index is 0.102. The van der Waals surface area contributed by atoms with Crippen molar-refractivity contribution in [2.24, 2.45) is 16.8 Å². The number of nitrogens with zero attached hydrogens (tertiary/aromatic N) is 4. The molecular formula is C14H23N5O. The van der Waals surface area contributed by atoms with Crippen LogP contribution in [0.2, 0.25) is 0 Å². The van der Waals surface area contributed by atoms with Gasteiger partial charge in [-0.05, 0) is 38.2 Å². The van der Waals surface area contributed by atoms with Gasteiger partial charge in [0.15, 0.2) is 11.7 Å². The lowest BCUT2D eigenvalue weighted by molar-refractivity contribution is 0.318. The van der Waals surface area contributed by atoms with Gasteiger partial charge in [-0.15, -0.1) is 5.10 Å². The van der Waals surface area contributed by atoms with Crippen LogP contribution in [0.1, 0.15) is 43.5 Å². The normalized spacial score (nSPS) is 15.8. The Morgan fingerprint density at radius 2 is 2.05 bits per heavy atom. The van der Waals surface area contributed by atoms with E-state index in [9.17, 15) is 0 Å². The minimum Gasteiger partial charge on any atom is -0.409 e. The third-order valence-electron chi connectivity index (χ3n) is 3.62. The van der Waals surface area contributed by atoms with Crippen molar-refractivity contribution in [2.45, 2.75) is 46.6 Å². The van der Waals surface area contributed by atoms with Gasteiger partial charge in [0.2, 0.25) is 0 Å². The smallest absolute Gasteiger partial charge is 0.174 e. The molecule has 3 N–H and O–H groups in total. The first-order chi connectivity index (χ1) is 9.45. The zero-order chi connectivity index (χ0) is 14.9. The van der Waals surface area contributed by atoms with Gasteiger partial charge < -0.3 is 15.8 Å². The van der Waals surface area contributed by atoms with Gasteiger partial charge in [-0.25, -0.2) is 0 Å². The molecule has 1 saturated carbocycles. The van der Waals surface area contributed by atoms with Gasteiger partial charge in [0.05, 0.1) is 11.3 Å². The average molecular weight is 277 g/mol. The van der Waals surface area contributed by atoms with Crippen LogP contribution in [0.3, 0.4) is 0 Å². The Labute approximate surface area is 119 Å². The van der Waals surface area contributed by atoms with Gasteiger partial charge in [-0.3, -0.25) is 0 Å². The lowest BCUT2D eigenvalue weighted by atomic mass is 10.1. The molecule has 6 nitrogen and oxygen atoms in total. The minimum absolute atomic E-state index is 0.102. The molecule has 1 aromatic rings.